The molecule has 0 unspecified atom stereocenters. The maximum absolute atomic E-state index is 11.6. The first-order chi connectivity index (χ1) is 7.11. The minimum atomic E-state index is -4.16. The lowest BCUT2D eigenvalue weighted by Gasteiger charge is -2.04. The van der Waals surface area contributed by atoms with Crippen molar-refractivity contribution in [1.82, 2.24) is 14.5 Å². The highest BCUT2D eigenvalue weighted by Gasteiger charge is 2.30. The van der Waals surface area contributed by atoms with Crippen molar-refractivity contribution in [3.63, 3.8) is 0 Å². The first-order valence-corrected chi connectivity index (χ1v) is 7.14. The summed E-state index contributed by atoms with van der Waals surface area (Å²) in [4.78, 5) is -0.417. The van der Waals surface area contributed by atoms with E-state index in [2.05, 4.69) is 5.10 Å². The lowest BCUT2D eigenvalue weighted by molar-refractivity contribution is 0.563. The molecule has 16 heavy (non-hydrogen) atoms. The SMILES string of the molecule is CNS(=O)(=O)c1c(C)nn(C)c1S(N)(=O)=O. The Morgan fingerprint density at radius 1 is 1.31 bits per heavy atom. The van der Waals surface area contributed by atoms with E-state index in [-0.39, 0.29) is 5.69 Å². The van der Waals surface area contributed by atoms with Crippen LogP contribution in [0, 0.1) is 6.92 Å². The lowest BCUT2D eigenvalue weighted by atomic mass is 10.5. The molecular weight excluding hydrogens is 256 g/mol. The van der Waals surface area contributed by atoms with E-state index in [0.29, 0.717) is 0 Å². The summed E-state index contributed by atoms with van der Waals surface area (Å²) in [7, 11) is -5.59. The van der Waals surface area contributed by atoms with Crippen molar-refractivity contribution in [3.8, 4) is 0 Å². The zero-order chi connectivity index (χ0) is 12.7. The predicted molar refractivity (Wildman–Crippen MR) is 55.6 cm³/mol. The predicted octanol–water partition coefficient (Wildman–Crippen LogP) is -1.72. The summed E-state index contributed by atoms with van der Waals surface area (Å²) in [6, 6.07) is 0. The molecule has 8 nitrogen and oxygen atoms in total. The van der Waals surface area contributed by atoms with Crippen molar-refractivity contribution in [2.24, 2.45) is 12.2 Å². The van der Waals surface area contributed by atoms with E-state index in [9.17, 15) is 16.8 Å². The molecule has 3 N–H and O–H groups in total. The fraction of sp³-hybridized carbons (Fsp3) is 0.500. The van der Waals surface area contributed by atoms with Crippen LogP contribution in [0.5, 0.6) is 0 Å². The van der Waals surface area contributed by atoms with Crippen LogP contribution in [0.1, 0.15) is 5.69 Å². The van der Waals surface area contributed by atoms with Gasteiger partial charge in [0, 0.05) is 7.05 Å². The van der Waals surface area contributed by atoms with Crippen LogP contribution in [0.15, 0.2) is 9.92 Å². The summed E-state index contributed by atoms with van der Waals surface area (Å²) in [6.45, 7) is 1.39. The Balaban J connectivity index is 3.78. The van der Waals surface area contributed by atoms with E-state index in [1.54, 1.807) is 0 Å². The van der Waals surface area contributed by atoms with Crippen LogP contribution in [0.25, 0.3) is 0 Å². The van der Waals surface area contributed by atoms with Gasteiger partial charge in [-0.1, -0.05) is 0 Å². The minimum absolute atomic E-state index is 0.0703. The average Bonchev–Trinajstić information content (AvgIpc) is 2.40. The first kappa shape index (κ1) is 13.1. The molecule has 0 fully saturated rings. The van der Waals surface area contributed by atoms with Gasteiger partial charge in [-0.3, -0.25) is 4.68 Å². The van der Waals surface area contributed by atoms with Crippen LogP contribution in [0.2, 0.25) is 0 Å². The van der Waals surface area contributed by atoms with Crippen molar-refractivity contribution in [3.05, 3.63) is 5.69 Å². The van der Waals surface area contributed by atoms with E-state index < -0.39 is 30.0 Å². The zero-order valence-electron chi connectivity index (χ0n) is 8.92. The maximum atomic E-state index is 11.6. The standard InChI is InChI=1S/C6H12N4O4S2/c1-4-5(16(13,14)8-2)6(10(3)9-4)15(7,11)12/h8H,1-3H3,(H2,7,11,12). The Morgan fingerprint density at radius 3 is 2.19 bits per heavy atom. The molecular formula is C6H12N4O4S2. The Labute approximate surface area is 93.5 Å². The quantitative estimate of drug-likeness (QED) is 0.675. The number of nitrogens with two attached hydrogens (primary N) is 1. The highest BCUT2D eigenvalue weighted by atomic mass is 32.2. The van der Waals surface area contributed by atoms with Gasteiger partial charge in [0.15, 0.2) is 5.03 Å². The number of aromatic nitrogens is 2. The Morgan fingerprint density at radius 2 is 1.81 bits per heavy atom. The summed E-state index contributed by atoms with van der Waals surface area (Å²) >= 11 is 0. The number of aryl methyl sites for hydroxylation is 2. The van der Waals surface area contributed by atoms with Crippen molar-refractivity contribution in [2.45, 2.75) is 16.8 Å². The van der Waals surface area contributed by atoms with E-state index in [1.807, 2.05) is 4.72 Å². The van der Waals surface area contributed by atoms with Gasteiger partial charge in [0.1, 0.15) is 4.90 Å². The van der Waals surface area contributed by atoms with Gasteiger partial charge in [-0.05, 0) is 14.0 Å². The number of hydrogen-bond donors (Lipinski definition) is 2. The van der Waals surface area contributed by atoms with Gasteiger partial charge in [-0.15, -0.1) is 0 Å². The fourth-order valence-corrected chi connectivity index (χ4v) is 3.83. The van der Waals surface area contributed by atoms with Gasteiger partial charge >= 0.3 is 0 Å². The van der Waals surface area contributed by atoms with Gasteiger partial charge in [0.25, 0.3) is 10.0 Å². The second-order valence-corrected chi connectivity index (χ2v) is 6.40. The topological polar surface area (TPSA) is 124 Å². The Hall–Kier alpha value is -0.970. The molecule has 0 saturated carbocycles. The van der Waals surface area contributed by atoms with Gasteiger partial charge < -0.3 is 0 Å². The molecule has 10 heteroatoms. The molecule has 0 bridgehead atoms. The highest BCUT2D eigenvalue weighted by molar-refractivity contribution is 7.92. The molecule has 92 valence electrons. The molecule has 0 aliphatic heterocycles. The number of rotatable bonds is 3. The second kappa shape index (κ2) is 3.80. The smallest absolute Gasteiger partial charge is 0.255 e. The van der Waals surface area contributed by atoms with Crippen molar-refractivity contribution in [1.29, 1.82) is 0 Å². The average molecular weight is 268 g/mol. The zero-order valence-corrected chi connectivity index (χ0v) is 10.6. The second-order valence-electron chi connectivity index (χ2n) is 3.10. The van der Waals surface area contributed by atoms with Crippen molar-refractivity contribution in [2.75, 3.05) is 7.05 Å². The normalized spacial score (nSPS) is 13.0. The third-order valence-corrected chi connectivity index (χ3v) is 4.62. The van der Waals surface area contributed by atoms with E-state index in [4.69, 9.17) is 5.14 Å². The molecule has 1 aromatic heterocycles. The Kier molecular flexibility index (Phi) is 3.11. The molecule has 0 spiro atoms. The minimum Gasteiger partial charge on any atom is -0.255 e. The third kappa shape index (κ3) is 2.09. The van der Waals surface area contributed by atoms with Gasteiger partial charge in [-0.25, -0.2) is 26.7 Å². The fourth-order valence-electron chi connectivity index (χ4n) is 1.34. The molecule has 0 aliphatic rings. The summed E-state index contributed by atoms with van der Waals surface area (Å²) in [5.41, 5.74) is 0.0703. The van der Waals surface area contributed by atoms with Gasteiger partial charge in [-0.2, -0.15) is 5.10 Å². The van der Waals surface area contributed by atoms with Crippen LogP contribution in [-0.4, -0.2) is 33.7 Å². The van der Waals surface area contributed by atoms with Crippen LogP contribution in [0.4, 0.5) is 0 Å². The molecule has 0 aromatic carbocycles. The van der Waals surface area contributed by atoms with Gasteiger partial charge in [0.2, 0.25) is 10.0 Å². The molecule has 0 aliphatic carbocycles. The molecule has 0 saturated heterocycles. The molecule has 0 amide bonds. The number of primary sulfonamides is 1. The third-order valence-electron chi connectivity index (χ3n) is 1.92. The first-order valence-electron chi connectivity index (χ1n) is 4.11. The number of hydrogen-bond acceptors (Lipinski definition) is 5. The summed E-state index contributed by atoms with van der Waals surface area (Å²) in [6.07, 6.45) is 0. The summed E-state index contributed by atoms with van der Waals surface area (Å²) in [5.74, 6) is 0. The lowest BCUT2D eigenvalue weighted by Crippen LogP contribution is -2.24. The summed E-state index contributed by atoms with van der Waals surface area (Å²) < 4.78 is 48.7. The molecule has 1 heterocycles. The highest BCUT2D eigenvalue weighted by Crippen LogP contribution is 2.22. The van der Waals surface area contributed by atoms with Crippen molar-refractivity contribution < 1.29 is 16.8 Å². The monoisotopic (exact) mass is 268 g/mol. The van der Waals surface area contributed by atoms with Crippen LogP contribution < -0.4 is 9.86 Å². The van der Waals surface area contributed by atoms with Crippen LogP contribution in [0.3, 0.4) is 0 Å². The van der Waals surface area contributed by atoms with E-state index >= 15 is 0 Å². The van der Waals surface area contributed by atoms with E-state index in [1.165, 1.54) is 21.0 Å². The Bertz CT molecular complexity index is 613. The largest absolute Gasteiger partial charge is 0.256 e. The molecule has 0 atom stereocenters. The van der Waals surface area contributed by atoms with Crippen LogP contribution in [-0.2, 0) is 27.1 Å². The number of sulfonamides is 2. The summed E-state index contributed by atoms with van der Waals surface area (Å²) in [5, 5.41) is 8.14. The molecule has 1 aromatic rings. The molecule has 1 rings (SSSR count). The molecule has 0 radical (unpaired) electrons. The maximum Gasteiger partial charge on any atom is 0.256 e. The number of nitrogens with zero attached hydrogens (tertiary/aromatic N) is 2. The number of nitrogens with one attached hydrogen (secondary N) is 1. The van der Waals surface area contributed by atoms with Crippen LogP contribution >= 0.6 is 0 Å². The van der Waals surface area contributed by atoms with Crippen molar-refractivity contribution >= 4 is 20.0 Å². The van der Waals surface area contributed by atoms with E-state index in [0.717, 1.165) is 4.68 Å². The van der Waals surface area contributed by atoms with Gasteiger partial charge in [0.05, 0.1) is 5.69 Å².